The van der Waals surface area contributed by atoms with Gasteiger partial charge in [-0.3, -0.25) is 0 Å². The van der Waals surface area contributed by atoms with E-state index < -0.39 is 59.1 Å². The molecule has 1 aromatic carbocycles. The highest BCUT2D eigenvalue weighted by atomic mass is 19.4. The molecule has 0 nitrogen and oxygen atoms in total. The summed E-state index contributed by atoms with van der Waals surface area (Å²) in [6.07, 6.45) is -20.5. The van der Waals surface area contributed by atoms with Crippen LogP contribution in [0.3, 0.4) is 0 Å². The lowest BCUT2D eigenvalue weighted by molar-refractivity contribution is -0.152. The predicted octanol–water partition coefficient (Wildman–Crippen LogP) is 5.25. The highest BCUT2D eigenvalue weighted by Crippen LogP contribution is 2.44. The average Bonchev–Trinajstić information content (AvgIpc) is 2.19. The van der Waals surface area contributed by atoms with Crippen LogP contribution in [0.15, 0.2) is 0 Å². The lowest BCUT2D eigenvalue weighted by Gasteiger charge is -2.20. The first-order chi connectivity index (χ1) is 9.57. The summed E-state index contributed by atoms with van der Waals surface area (Å²) >= 11 is 0. The second-order valence-corrected chi connectivity index (χ2v) is 3.96. The SMILES string of the molecule is Fc1c(F)c(C(F)(F)F)c(F)c(C(F)(F)F)c1CC(F)(F)F. The standard InChI is InChI=1S/C10H2F12/c11-5-2(1-8(14,15)16)3(9(17,18)19)6(12)4(7(5)13)10(20,21)22/h1H2. The predicted molar refractivity (Wildman–Crippen MR) is 46.1 cm³/mol. The Morgan fingerprint density at radius 1 is 0.545 bits per heavy atom. The van der Waals surface area contributed by atoms with Gasteiger partial charge in [0, 0.05) is 5.56 Å². The monoisotopic (exact) mass is 350 g/mol. The van der Waals surface area contributed by atoms with Gasteiger partial charge in [0.2, 0.25) is 0 Å². The average molecular weight is 350 g/mol. The van der Waals surface area contributed by atoms with E-state index in [1.165, 1.54) is 0 Å². The number of hydrogen-bond donors (Lipinski definition) is 0. The van der Waals surface area contributed by atoms with Crippen LogP contribution in [0, 0.1) is 17.5 Å². The largest absolute Gasteiger partial charge is 0.422 e. The Morgan fingerprint density at radius 2 is 0.955 bits per heavy atom. The number of halogens is 12. The summed E-state index contributed by atoms with van der Waals surface area (Å²) in [6, 6.07) is 0. The fourth-order valence-electron chi connectivity index (χ4n) is 1.62. The molecule has 0 amide bonds. The molecular weight excluding hydrogens is 348 g/mol. The molecule has 0 unspecified atom stereocenters. The molecule has 0 spiro atoms. The minimum Gasteiger partial charge on any atom is -0.206 e. The third-order valence-electron chi connectivity index (χ3n) is 2.36. The fraction of sp³-hybridized carbons (Fsp3) is 0.400. The van der Waals surface area contributed by atoms with E-state index in [1.807, 2.05) is 0 Å². The van der Waals surface area contributed by atoms with Gasteiger partial charge in [0.15, 0.2) is 17.5 Å². The second-order valence-electron chi connectivity index (χ2n) is 3.96. The van der Waals surface area contributed by atoms with E-state index >= 15 is 0 Å². The zero-order chi connectivity index (χ0) is 17.7. The van der Waals surface area contributed by atoms with E-state index in [-0.39, 0.29) is 0 Å². The van der Waals surface area contributed by atoms with E-state index in [4.69, 9.17) is 0 Å². The highest BCUT2D eigenvalue weighted by Gasteiger charge is 2.49. The fourth-order valence-corrected chi connectivity index (χ4v) is 1.62. The van der Waals surface area contributed by atoms with Gasteiger partial charge in [0.1, 0.15) is 5.56 Å². The Kier molecular flexibility index (Phi) is 4.38. The number of rotatable bonds is 1. The third-order valence-corrected chi connectivity index (χ3v) is 2.36. The quantitative estimate of drug-likeness (QED) is 0.480. The summed E-state index contributed by atoms with van der Waals surface area (Å²) in [6.45, 7) is 0. The third kappa shape index (κ3) is 3.58. The van der Waals surface area contributed by atoms with Gasteiger partial charge in [-0.1, -0.05) is 0 Å². The zero-order valence-electron chi connectivity index (χ0n) is 9.74. The van der Waals surface area contributed by atoms with Crippen LogP contribution in [0.2, 0.25) is 0 Å². The molecule has 0 saturated heterocycles. The Balaban J connectivity index is 3.87. The van der Waals surface area contributed by atoms with E-state index in [0.717, 1.165) is 0 Å². The molecule has 0 radical (unpaired) electrons. The molecule has 0 saturated carbocycles. The maximum absolute atomic E-state index is 13.3. The molecule has 126 valence electrons. The maximum atomic E-state index is 13.3. The highest BCUT2D eigenvalue weighted by molar-refractivity contribution is 5.40. The van der Waals surface area contributed by atoms with Crippen LogP contribution in [-0.2, 0) is 18.8 Å². The van der Waals surface area contributed by atoms with Crippen LogP contribution in [0.25, 0.3) is 0 Å². The van der Waals surface area contributed by atoms with Gasteiger partial charge in [0.05, 0.1) is 12.0 Å². The van der Waals surface area contributed by atoms with Crippen molar-refractivity contribution in [2.75, 3.05) is 0 Å². The molecular formula is C10H2F12. The zero-order valence-corrected chi connectivity index (χ0v) is 9.74. The maximum Gasteiger partial charge on any atom is 0.422 e. The minimum atomic E-state index is -6.10. The van der Waals surface area contributed by atoms with Crippen molar-refractivity contribution >= 4 is 0 Å². The minimum absolute atomic E-state index is 2.58. The molecule has 0 heterocycles. The molecule has 1 rings (SSSR count). The normalized spacial score (nSPS) is 13.6. The van der Waals surface area contributed by atoms with Crippen molar-refractivity contribution in [2.45, 2.75) is 24.9 Å². The van der Waals surface area contributed by atoms with Gasteiger partial charge >= 0.3 is 18.5 Å². The summed E-state index contributed by atoms with van der Waals surface area (Å²) in [4.78, 5) is 0. The molecule has 0 N–H and O–H groups in total. The molecule has 12 heteroatoms. The van der Waals surface area contributed by atoms with Gasteiger partial charge in [-0.25, -0.2) is 13.2 Å². The smallest absolute Gasteiger partial charge is 0.206 e. The van der Waals surface area contributed by atoms with E-state index in [0.29, 0.717) is 0 Å². The van der Waals surface area contributed by atoms with E-state index in [1.54, 1.807) is 0 Å². The van der Waals surface area contributed by atoms with Gasteiger partial charge in [-0.2, -0.15) is 39.5 Å². The second kappa shape index (κ2) is 5.23. The summed E-state index contributed by atoms with van der Waals surface area (Å²) in [5.74, 6) is -9.58. The Bertz CT molecular complexity index is 574. The van der Waals surface area contributed by atoms with E-state index in [9.17, 15) is 52.7 Å². The summed E-state index contributed by atoms with van der Waals surface area (Å²) in [7, 11) is 0. The Hall–Kier alpha value is -1.62. The Labute approximate surface area is 113 Å². The van der Waals surface area contributed by atoms with Crippen molar-refractivity contribution < 1.29 is 52.7 Å². The Morgan fingerprint density at radius 3 is 1.27 bits per heavy atom. The molecule has 0 aliphatic heterocycles. The van der Waals surface area contributed by atoms with Crippen LogP contribution in [0.1, 0.15) is 16.7 Å². The van der Waals surface area contributed by atoms with Crippen molar-refractivity contribution in [1.82, 2.24) is 0 Å². The van der Waals surface area contributed by atoms with Gasteiger partial charge in [0.25, 0.3) is 0 Å². The number of benzene rings is 1. The molecule has 1 aromatic rings. The molecule has 0 atom stereocenters. The molecule has 0 bridgehead atoms. The first kappa shape index (κ1) is 18.4. The van der Waals surface area contributed by atoms with Crippen LogP contribution < -0.4 is 0 Å². The first-order valence-corrected chi connectivity index (χ1v) is 4.97. The lowest BCUT2D eigenvalue weighted by Crippen LogP contribution is -2.25. The van der Waals surface area contributed by atoms with Crippen molar-refractivity contribution in [3.05, 3.63) is 34.1 Å². The van der Waals surface area contributed by atoms with Crippen LogP contribution >= 0.6 is 0 Å². The van der Waals surface area contributed by atoms with Crippen molar-refractivity contribution in [3.63, 3.8) is 0 Å². The van der Waals surface area contributed by atoms with Crippen LogP contribution in [0.5, 0.6) is 0 Å². The van der Waals surface area contributed by atoms with Crippen molar-refractivity contribution in [2.24, 2.45) is 0 Å². The van der Waals surface area contributed by atoms with Gasteiger partial charge in [-0.15, -0.1) is 0 Å². The van der Waals surface area contributed by atoms with Gasteiger partial charge in [-0.05, 0) is 0 Å². The van der Waals surface area contributed by atoms with Crippen molar-refractivity contribution in [1.29, 1.82) is 0 Å². The summed E-state index contributed by atoms with van der Waals surface area (Å²) < 4.78 is 150. The van der Waals surface area contributed by atoms with Crippen LogP contribution in [0.4, 0.5) is 52.7 Å². The topological polar surface area (TPSA) is 0 Å². The van der Waals surface area contributed by atoms with Crippen LogP contribution in [-0.4, -0.2) is 6.18 Å². The molecule has 0 aliphatic carbocycles. The van der Waals surface area contributed by atoms with Gasteiger partial charge < -0.3 is 0 Å². The molecule has 0 aromatic heterocycles. The number of hydrogen-bond acceptors (Lipinski definition) is 0. The molecule has 0 fully saturated rings. The summed E-state index contributed by atoms with van der Waals surface area (Å²) in [5, 5.41) is 0. The van der Waals surface area contributed by atoms with Crippen molar-refractivity contribution in [3.8, 4) is 0 Å². The first-order valence-electron chi connectivity index (χ1n) is 4.97. The lowest BCUT2D eigenvalue weighted by atomic mass is 9.97. The molecule has 22 heavy (non-hydrogen) atoms. The number of alkyl halides is 9. The summed E-state index contributed by atoms with van der Waals surface area (Å²) in [5.41, 5.74) is -8.97. The molecule has 0 aliphatic rings. The van der Waals surface area contributed by atoms with E-state index in [2.05, 4.69) is 0 Å².